The van der Waals surface area contributed by atoms with E-state index < -0.39 is 66.6 Å². The lowest BCUT2D eigenvalue weighted by Crippen LogP contribution is -2.49. The highest BCUT2D eigenvalue weighted by Gasteiger charge is 2.55. The van der Waals surface area contributed by atoms with E-state index in [-0.39, 0.29) is 27.5 Å². The number of hydrogen-bond donors (Lipinski definition) is 2. The van der Waals surface area contributed by atoms with Crippen molar-refractivity contribution in [2.75, 3.05) is 25.2 Å². The number of carbonyl (C=O) groups excluding carboxylic acids is 1. The van der Waals surface area contributed by atoms with Gasteiger partial charge in [0.05, 0.1) is 28.1 Å². The number of halogens is 3. The molecule has 46 heavy (non-hydrogen) atoms. The second kappa shape index (κ2) is 14.0. The Morgan fingerprint density at radius 3 is 2.26 bits per heavy atom. The average Bonchev–Trinajstić information content (AvgIpc) is 2.91. The maximum absolute atomic E-state index is 14.5. The van der Waals surface area contributed by atoms with Gasteiger partial charge in [0.1, 0.15) is 11.9 Å². The van der Waals surface area contributed by atoms with E-state index in [4.69, 9.17) is 4.74 Å². The number of sulfone groups is 1. The van der Waals surface area contributed by atoms with E-state index in [1.54, 1.807) is 34.9 Å². The number of amides is 1. The number of anilines is 1. The first-order valence-corrected chi connectivity index (χ1v) is 17.0. The average molecular weight is 689 g/mol. The second-order valence-electron chi connectivity index (χ2n) is 12.3. The maximum Gasteiger partial charge on any atom is 0.418 e. The molecule has 254 valence electrons. The molecule has 0 fully saturated rings. The highest BCUT2D eigenvalue weighted by molar-refractivity contribution is 7.91. The minimum absolute atomic E-state index is 0.00562. The Morgan fingerprint density at radius 1 is 1.11 bits per heavy atom. The van der Waals surface area contributed by atoms with E-state index in [9.17, 15) is 39.9 Å². The van der Waals surface area contributed by atoms with Crippen molar-refractivity contribution < 1.29 is 44.6 Å². The normalized spacial score (nSPS) is 14.3. The van der Waals surface area contributed by atoms with Gasteiger partial charge in [-0.3, -0.25) is 5.32 Å². The summed E-state index contributed by atoms with van der Waals surface area (Å²) in [5.74, 6) is 4.38. The van der Waals surface area contributed by atoms with Crippen LogP contribution in [0.3, 0.4) is 0 Å². The van der Waals surface area contributed by atoms with Crippen LogP contribution >= 0.6 is 0 Å². The van der Waals surface area contributed by atoms with Crippen LogP contribution in [0.4, 0.5) is 23.7 Å². The molecule has 0 aliphatic heterocycles. The van der Waals surface area contributed by atoms with Crippen LogP contribution in [0, 0.1) is 11.8 Å². The molecule has 1 aromatic heterocycles. The molecule has 1 aromatic carbocycles. The topological polar surface area (TPSA) is 155 Å². The molecule has 0 aliphatic carbocycles. The van der Waals surface area contributed by atoms with Gasteiger partial charge in [-0.25, -0.2) is 18.2 Å². The molecule has 0 spiro atoms. The van der Waals surface area contributed by atoms with Gasteiger partial charge in [-0.05, 0) is 50.3 Å². The number of hydrogen-bond acceptors (Lipinski definition) is 8. The van der Waals surface area contributed by atoms with Gasteiger partial charge >= 0.3 is 12.3 Å². The van der Waals surface area contributed by atoms with Gasteiger partial charge in [-0.15, -0.1) is 4.40 Å². The fourth-order valence-corrected chi connectivity index (χ4v) is 6.32. The summed E-state index contributed by atoms with van der Waals surface area (Å²) in [5, 5.41) is 13.0. The fraction of sp³-hybridized carbons (Fsp3) is 0.500. The van der Waals surface area contributed by atoms with E-state index >= 15 is 0 Å². The number of benzene rings is 1. The molecule has 16 heteroatoms. The summed E-state index contributed by atoms with van der Waals surface area (Å²) >= 11 is 0. The first-order chi connectivity index (χ1) is 20.8. The molecule has 0 radical (unpaired) electrons. The number of ether oxygens (including phenoxy) is 1. The molecule has 1 heterocycles. The van der Waals surface area contributed by atoms with Crippen molar-refractivity contribution in [3.63, 3.8) is 0 Å². The lowest BCUT2D eigenvalue weighted by atomic mass is 9.74. The molecular weight excluding hydrogens is 649 g/mol. The molecule has 1 unspecified atom stereocenters. The third-order valence-electron chi connectivity index (χ3n) is 6.39. The first kappa shape index (κ1) is 38.5. The van der Waals surface area contributed by atoms with Crippen molar-refractivity contribution in [2.24, 2.45) is 4.40 Å². The van der Waals surface area contributed by atoms with Crippen molar-refractivity contribution in [3.05, 3.63) is 47.7 Å². The highest BCUT2D eigenvalue weighted by atomic mass is 32.2. The summed E-state index contributed by atoms with van der Waals surface area (Å²) in [7, 11) is -5.09. The number of sulfonamides is 1. The molecular formula is C30H39F3N4O7S2. The predicted octanol–water partition coefficient (Wildman–Crippen LogP) is 4.90. The molecule has 11 nitrogen and oxygen atoms in total. The molecule has 2 aromatic rings. The maximum atomic E-state index is 14.5. The molecule has 0 saturated heterocycles. The monoisotopic (exact) mass is 688 g/mol. The van der Waals surface area contributed by atoms with Gasteiger partial charge in [0.15, 0.2) is 20.5 Å². The van der Waals surface area contributed by atoms with Gasteiger partial charge in [0.25, 0.3) is 10.0 Å². The minimum atomic E-state index is -5.22. The lowest BCUT2D eigenvalue weighted by molar-refractivity contribution is -0.264. The number of nitrogens with zero attached hydrogens (tertiary/aromatic N) is 3. The standard InChI is InChI=1S/C30H39F3N4O7S2/c1-9-45(40,41)25-17-21(23(18-34-25)36-26(38)44-27(2,3)4)13-12-16-29(39,30(31,32)33)19-28(5,6)22-14-10-11-15-24(22)46(42,43)35-20-37(7)8/h10-11,14-15,17-18,20,39H,9,16,19H2,1-8H3,(H,36,38). The minimum Gasteiger partial charge on any atom is -0.444 e. The number of rotatable bonds is 10. The highest BCUT2D eigenvalue weighted by Crippen LogP contribution is 2.44. The molecule has 0 saturated carbocycles. The zero-order valence-corrected chi connectivity index (χ0v) is 28.5. The van der Waals surface area contributed by atoms with Crippen LogP contribution in [0.2, 0.25) is 0 Å². The number of alkyl halides is 3. The number of pyridine rings is 1. The molecule has 2 rings (SSSR count). The van der Waals surface area contributed by atoms with E-state index in [1.165, 1.54) is 49.9 Å². The van der Waals surface area contributed by atoms with Crippen LogP contribution < -0.4 is 5.32 Å². The number of nitrogens with one attached hydrogen (secondary N) is 1. The van der Waals surface area contributed by atoms with Crippen LogP contribution in [0.25, 0.3) is 0 Å². The van der Waals surface area contributed by atoms with Crippen molar-refractivity contribution in [1.29, 1.82) is 0 Å². The summed E-state index contributed by atoms with van der Waals surface area (Å²) in [6.07, 6.45) is -6.31. The molecule has 1 amide bonds. The van der Waals surface area contributed by atoms with Gasteiger partial charge < -0.3 is 14.7 Å². The van der Waals surface area contributed by atoms with Crippen molar-refractivity contribution in [1.82, 2.24) is 9.88 Å². The Balaban J connectivity index is 2.59. The van der Waals surface area contributed by atoms with Crippen LogP contribution in [-0.4, -0.2) is 81.5 Å². The fourth-order valence-electron chi connectivity index (χ4n) is 4.21. The lowest BCUT2D eigenvalue weighted by Gasteiger charge is -2.37. The molecule has 1 atom stereocenters. The summed E-state index contributed by atoms with van der Waals surface area (Å²) in [6, 6.07) is 6.44. The van der Waals surface area contributed by atoms with Crippen molar-refractivity contribution in [3.8, 4) is 11.8 Å². The number of carbonyl (C=O) groups is 1. The Morgan fingerprint density at radius 2 is 1.72 bits per heavy atom. The Labute approximate surface area is 268 Å². The van der Waals surface area contributed by atoms with E-state index in [2.05, 4.69) is 26.5 Å². The van der Waals surface area contributed by atoms with Gasteiger partial charge in [-0.1, -0.05) is 50.8 Å². The Hall–Kier alpha value is -3.68. The smallest absolute Gasteiger partial charge is 0.418 e. The van der Waals surface area contributed by atoms with Crippen LogP contribution in [0.5, 0.6) is 0 Å². The van der Waals surface area contributed by atoms with Crippen LogP contribution in [0.15, 0.2) is 50.8 Å². The Kier molecular flexibility index (Phi) is 11.7. The number of aromatic nitrogens is 1. The summed E-state index contributed by atoms with van der Waals surface area (Å²) in [5.41, 5.74) is -6.25. The van der Waals surface area contributed by atoms with Crippen LogP contribution in [-0.2, 0) is 30.0 Å². The van der Waals surface area contributed by atoms with Crippen molar-refractivity contribution in [2.45, 2.75) is 87.1 Å². The Bertz CT molecular complexity index is 1740. The van der Waals surface area contributed by atoms with Gasteiger partial charge in [0.2, 0.25) is 0 Å². The van der Waals surface area contributed by atoms with Crippen molar-refractivity contribution >= 4 is 38.0 Å². The SMILES string of the molecule is CCS(=O)(=O)c1cc(C#CCC(O)(CC(C)(C)c2ccccc2S(=O)(=O)N=CN(C)C)C(F)(F)F)c(NC(=O)OC(C)(C)C)cn1. The van der Waals surface area contributed by atoms with E-state index in [0.29, 0.717) is 0 Å². The quantitative estimate of drug-likeness (QED) is 0.201. The summed E-state index contributed by atoms with van der Waals surface area (Å²) in [4.78, 5) is 17.3. The molecule has 2 N–H and O–H groups in total. The summed E-state index contributed by atoms with van der Waals surface area (Å²) < 4.78 is 103. The largest absolute Gasteiger partial charge is 0.444 e. The van der Waals surface area contributed by atoms with E-state index in [0.717, 1.165) is 18.6 Å². The molecule has 0 aliphatic rings. The number of aliphatic hydroxyl groups is 1. The van der Waals surface area contributed by atoms with Gasteiger partial charge in [0, 0.05) is 20.5 Å². The zero-order chi connectivity index (χ0) is 35.4. The first-order valence-electron chi connectivity index (χ1n) is 13.9. The predicted molar refractivity (Wildman–Crippen MR) is 168 cm³/mol. The third kappa shape index (κ3) is 10.2. The molecule has 0 bridgehead atoms. The summed E-state index contributed by atoms with van der Waals surface area (Å²) in [6.45, 7) is 8.90. The zero-order valence-electron chi connectivity index (χ0n) is 26.9. The van der Waals surface area contributed by atoms with Crippen LogP contribution in [0.1, 0.15) is 65.5 Å². The third-order valence-corrected chi connectivity index (χ3v) is 9.29. The van der Waals surface area contributed by atoms with E-state index in [1.807, 2.05) is 0 Å². The second-order valence-corrected chi connectivity index (χ2v) is 16.1. The van der Waals surface area contributed by atoms with Gasteiger partial charge in [-0.2, -0.15) is 21.6 Å².